The monoisotopic (exact) mass is 298 g/mol. The minimum absolute atomic E-state index is 0.276. The summed E-state index contributed by atoms with van der Waals surface area (Å²) >= 11 is 0. The van der Waals surface area contributed by atoms with Crippen LogP contribution in [-0.2, 0) is 19.4 Å². The molecule has 0 aliphatic heterocycles. The number of nitrogens with zero attached hydrogens (tertiary/aromatic N) is 6. The Morgan fingerprint density at radius 3 is 2.77 bits per heavy atom. The molecule has 2 aromatic heterocycles. The van der Waals surface area contributed by atoms with Crippen LogP contribution >= 0.6 is 0 Å². The smallest absolute Gasteiger partial charge is 0.176 e. The number of tetrazole rings is 1. The molecule has 1 aliphatic rings. The van der Waals surface area contributed by atoms with Crippen LogP contribution in [0.3, 0.4) is 0 Å². The molecule has 0 bridgehead atoms. The van der Waals surface area contributed by atoms with Crippen LogP contribution < -0.4 is 0 Å². The van der Waals surface area contributed by atoms with E-state index in [0.29, 0.717) is 12.4 Å². The van der Waals surface area contributed by atoms with Crippen LogP contribution in [-0.4, -0.2) is 29.8 Å². The summed E-state index contributed by atoms with van der Waals surface area (Å²) in [6, 6.07) is 6.14. The summed E-state index contributed by atoms with van der Waals surface area (Å²) < 4.78 is 16.8. The number of benzene rings is 1. The largest absolute Gasteiger partial charge is 0.327 e. The molecular weight excluding hydrogens is 283 g/mol. The van der Waals surface area contributed by atoms with E-state index in [1.807, 2.05) is 6.33 Å². The number of hydrogen-bond donors (Lipinski definition) is 0. The predicted octanol–water partition coefficient (Wildman–Crippen LogP) is 1.93. The molecule has 0 atom stereocenters. The summed E-state index contributed by atoms with van der Waals surface area (Å²) in [6.07, 6.45) is 6.36. The molecular formula is C15H15FN6. The van der Waals surface area contributed by atoms with E-state index in [0.717, 1.165) is 18.5 Å². The molecule has 2 heterocycles. The van der Waals surface area contributed by atoms with E-state index >= 15 is 0 Å². The molecule has 0 unspecified atom stereocenters. The van der Waals surface area contributed by atoms with E-state index in [1.165, 1.54) is 36.4 Å². The Bertz CT molecular complexity index is 789. The van der Waals surface area contributed by atoms with Crippen LogP contribution in [0.1, 0.15) is 30.1 Å². The zero-order valence-corrected chi connectivity index (χ0v) is 12.0. The summed E-state index contributed by atoms with van der Waals surface area (Å²) in [4.78, 5) is 4.49. The van der Waals surface area contributed by atoms with Gasteiger partial charge in [0.25, 0.3) is 0 Å². The molecule has 1 aliphatic carbocycles. The van der Waals surface area contributed by atoms with E-state index in [4.69, 9.17) is 0 Å². The van der Waals surface area contributed by atoms with Crippen molar-refractivity contribution in [3.8, 4) is 5.69 Å². The van der Waals surface area contributed by atoms with E-state index in [9.17, 15) is 4.39 Å². The van der Waals surface area contributed by atoms with Gasteiger partial charge in [0.05, 0.1) is 24.3 Å². The number of halogens is 1. The minimum atomic E-state index is -0.276. The summed E-state index contributed by atoms with van der Waals surface area (Å²) in [7, 11) is 0. The predicted molar refractivity (Wildman–Crippen MR) is 77.1 cm³/mol. The minimum Gasteiger partial charge on any atom is -0.327 e. The fraction of sp³-hybridized carbons (Fsp3) is 0.333. The van der Waals surface area contributed by atoms with E-state index in [-0.39, 0.29) is 5.82 Å². The van der Waals surface area contributed by atoms with Crippen molar-refractivity contribution in [3.63, 3.8) is 0 Å². The maximum atomic E-state index is 13.0. The Morgan fingerprint density at radius 2 is 1.91 bits per heavy atom. The maximum absolute atomic E-state index is 13.0. The van der Waals surface area contributed by atoms with Crippen molar-refractivity contribution in [1.82, 2.24) is 29.8 Å². The first-order chi connectivity index (χ1) is 10.8. The normalized spacial score (nSPS) is 14.0. The van der Waals surface area contributed by atoms with E-state index in [1.54, 1.807) is 16.8 Å². The Hall–Kier alpha value is -2.57. The molecule has 0 N–H and O–H groups in total. The van der Waals surface area contributed by atoms with Gasteiger partial charge in [0, 0.05) is 5.69 Å². The molecule has 0 radical (unpaired) electrons. The highest BCUT2D eigenvalue weighted by molar-refractivity contribution is 5.31. The number of aryl methyl sites for hydroxylation is 1. The summed E-state index contributed by atoms with van der Waals surface area (Å²) in [6.45, 7) is 0.562. The molecule has 0 fully saturated rings. The second-order valence-corrected chi connectivity index (χ2v) is 5.46. The molecule has 6 nitrogen and oxygen atoms in total. The van der Waals surface area contributed by atoms with Crippen molar-refractivity contribution in [2.45, 2.75) is 32.2 Å². The van der Waals surface area contributed by atoms with Crippen LogP contribution in [0.15, 0.2) is 30.6 Å². The zero-order chi connectivity index (χ0) is 14.9. The third-order valence-corrected chi connectivity index (χ3v) is 4.03. The Kier molecular flexibility index (Phi) is 3.17. The number of fused-ring (bicyclic) bond motifs is 1. The lowest BCUT2D eigenvalue weighted by Crippen LogP contribution is -2.12. The van der Waals surface area contributed by atoms with Gasteiger partial charge in [-0.1, -0.05) is 0 Å². The maximum Gasteiger partial charge on any atom is 0.176 e. The average Bonchev–Trinajstić information content (AvgIpc) is 3.16. The average molecular weight is 298 g/mol. The molecule has 0 saturated carbocycles. The van der Waals surface area contributed by atoms with Gasteiger partial charge in [-0.25, -0.2) is 9.37 Å². The van der Waals surface area contributed by atoms with Crippen LogP contribution in [0.2, 0.25) is 0 Å². The van der Waals surface area contributed by atoms with Crippen molar-refractivity contribution in [2.24, 2.45) is 0 Å². The lowest BCUT2D eigenvalue weighted by atomic mass is 10.0. The quantitative estimate of drug-likeness (QED) is 0.741. The molecule has 3 aromatic rings. The highest BCUT2D eigenvalue weighted by atomic mass is 19.1. The van der Waals surface area contributed by atoms with Crippen molar-refractivity contribution in [3.05, 3.63) is 53.6 Å². The van der Waals surface area contributed by atoms with Crippen LogP contribution in [0.25, 0.3) is 5.69 Å². The van der Waals surface area contributed by atoms with Crippen LogP contribution in [0, 0.1) is 5.82 Å². The van der Waals surface area contributed by atoms with Crippen molar-refractivity contribution in [2.75, 3.05) is 0 Å². The fourth-order valence-corrected chi connectivity index (χ4v) is 2.91. The number of rotatable bonds is 3. The molecule has 22 heavy (non-hydrogen) atoms. The first-order valence-corrected chi connectivity index (χ1v) is 7.37. The summed E-state index contributed by atoms with van der Waals surface area (Å²) in [5, 5.41) is 11.9. The Labute approximate surface area is 126 Å². The highest BCUT2D eigenvalue weighted by Gasteiger charge is 2.17. The van der Waals surface area contributed by atoms with E-state index < -0.39 is 0 Å². The van der Waals surface area contributed by atoms with Crippen LogP contribution in [0.4, 0.5) is 4.39 Å². The second-order valence-electron chi connectivity index (χ2n) is 5.46. The summed E-state index contributed by atoms with van der Waals surface area (Å²) in [5.41, 5.74) is 3.21. The molecule has 4 rings (SSSR count). The van der Waals surface area contributed by atoms with Crippen molar-refractivity contribution < 1.29 is 4.39 Å². The lowest BCUT2D eigenvalue weighted by Gasteiger charge is -2.13. The van der Waals surface area contributed by atoms with Gasteiger partial charge >= 0.3 is 0 Å². The van der Waals surface area contributed by atoms with Crippen molar-refractivity contribution >= 4 is 0 Å². The van der Waals surface area contributed by atoms with Crippen LogP contribution in [0.5, 0.6) is 0 Å². The number of imidazole rings is 1. The molecule has 0 saturated heterocycles. The Morgan fingerprint density at radius 1 is 1.09 bits per heavy atom. The topological polar surface area (TPSA) is 61.4 Å². The highest BCUT2D eigenvalue weighted by Crippen LogP contribution is 2.20. The molecule has 0 amide bonds. The van der Waals surface area contributed by atoms with Gasteiger partial charge in [-0.05, 0) is 60.4 Å². The third kappa shape index (κ3) is 2.28. The second kappa shape index (κ2) is 5.32. The van der Waals surface area contributed by atoms with Crippen molar-refractivity contribution in [1.29, 1.82) is 0 Å². The van der Waals surface area contributed by atoms with Gasteiger partial charge < -0.3 is 4.57 Å². The Balaban J connectivity index is 1.66. The fourth-order valence-electron chi connectivity index (χ4n) is 2.91. The molecule has 7 heteroatoms. The van der Waals surface area contributed by atoms with Gasteiger partial charge in [0.15, 0.2) is 5.82 Å². The van der Waals surface area contributed by atoms with Gasteiger partial charge in [0.1, 0.15) is 5.82 Å². The van der Waals surface area contributed by atoms with Gasteiger partial charge in [-0.3, -0.25) is 0 Å². The standard InChI is InChI=1S/C15H15FN6/c16-11-5-7-12(8-6-11)22-15(18-19-20-22)9-21-10-17-13-3-1-2-4-14(13)21/h5-8,10H,1-4,9H2. The number of hydrogen-bond acceptors (Lipinski definition) is 4. The summed E-state index contributed by atoms with van der Waals surface area (Å²) in [5.74, 6) is 0.430. The molecule has 112 valence electrons. The zero-order valence-electron chi connectivity index (χ0n) is 12.0. The SMILES string of the molecule is Fc1ccc(-n2nnnc2Cn2cnc3c2CCCC3)cc1. The van der Waals surface area contributed by atoms with Gasteiger partial charge in [0.2, 0.25) is 0 Å². The lowest BCUT2D eigenvalue weighted by molar-refractivity contribution is 0.611. The molecule has 0 spiro atoms. The first-order valence-electron chi connectivity index (χ1n) is 7.37. The van der Waals surface area contributed by atoms with Gasteiger partial charge in [-0.2, -0.15) is 4.68 Å². The van der Waals surface area contributed by atoms with Gasteiger partial charge in [-0.15, -0.1) is 5.10 Å². The first kappa shape index (κ1) is 13.1. The number of aromatic nitrogens is 6. The van der Waals surface area contributed by atoms with E-state index in [2.05, 4.69) is 25.1 Å². The third-order valence-electron chi connectivity index (χ3n) is 4.03. The molecule has 1 aromatic carbocycles.